The molecular formula is C9H14O2S. The molecule has 0 aromatic carbocycles. The predicted molar refractivity (Wildman–Crippen MR) is 50.4 cm³/mol. The van der Waals surface area contributed by atoms with E-state index in [1.807, 2.05) is 24.4 Å². The van der Waals surface area contributed by atoms with Gasteiger partial charge in [-0.05, 0) is 25.3 Å². The van der Waals surface area contributed by atoms with Gasteiger partial charge in [-0.3, -0.25) is 0 Å². The van der Waals surface area contributed by atoms with Gasteiger partial charge in [-0.25, -0.2) is 0 Å². The molecule has 0 spiro atoms. The molecule has 0 amide bonds. The highest BCUT2D eigenvalue weighted by Crippen LogP contribution is 2.25. The van der Waals surface area contributed by atoms with Crippen LogP contribution in [0, 0.1) is 0 Å². The second-order valence-electron chi connectivity index (χ2n) is 2.89. The molecule has 1 heterocycles. The summed E-state index contributed by atoms with van der Waals surface area (Å²) in [6.07, 6.45) is 0. The molecular weight excluding hydrogens is 172 g/mol. The third-order valence-electron chi connectivity index (χ3n) is 1.64. The molecule has 68 valence electrons. The lowest BCUT2D eigenvalue weighted by molar-refractivity contribution is -0.0318. The zero-order valence-electron chi connectivity index (χ0n) is 7.41. The third kappa shape index (κ3) is 2.30. The average molecular weight is 186 g/mol. The van der Waals surface area contributed by atoms with Gasteiger partial charge < -0.3 is 9.84 Å². The van der Waals surface area contributed by atoms with E-state index in [9.17, 15) is 5.11 Å². The Labute approximate surface area is 76.8 Å². The molecule has 0 saturated carbocycles. The maximum atomic E-state index is 9.89. The maximum Gasteiger partial charge on any atom is 0.119 e. The van der Waals surface area contributed by atoms with E-state index in [-0.39, 0.29) is 0 Å². The van der Waals surface area contributed by atoms with Crippen LogP contribution in [-0.2, 0) is 10.3 Å². The first-order valence-electron chi connectivity index (χ1n) is 4.01. The van der Waals surface area contributed by atoms with E-state index in [1.54, 1.807) is 18.3 Å². The molecule has 1 atom stereocenters. The van der Waals surface area contributed by atoms with Crippen LogP contribution in [0.3, 0.4) is 0 Å². The fraction of sp³-hybridized carbons (Fsp3) is 0.556. The topological polar surface area (TPSA) is 29.5 Å². The molecule has 1 aromatic rings. The Morgan fingerprint density at radius 1 is 1.67 bits per heavy atom. The molecule has 3 heteroatoms. The highest BCUT2D eigenvalue weighted by Gasteiger charge is 2.23. The minimum absolute atomic E-state index is 0.365. The Kier molecular flexibility index (Phi) is 3.26. The molecule has 0 saturated heterocycles. The standard InChI is InChI=1S/C9H14O2S/c1-3-11-7-9(2,10)8-5-4-6-12-8/h4-6,10H,3,7H2,1-2H3. The number of aliphatic hydroxyl groups is 1. The predicted octanol–water partition coefficient (Wildman–Crippen LogP) is 1.99. The molecule has 1 aromatic heterocycles. The fourth-order valence-corrected chi connectivity index (χ4v) is 1.73. The van der Waals surface area contributed by atoms with Gasteiger partial charge >= 0.3 is 0 Å². The number of hydrogen-bond acceptors (Lipinski definition) is 3. The van der Waals surface area contributed by atoms with Gasteiger partial charge in [-0.15, -0.1) is 11.3 Å². The summed E-state index contributed by atoms with van der Waals surface area (Å²) < 4.78 is 5.18. The first-order valence-corrected chi connectivity index (χ1v) is 4.89. The Morgan fingerprint density at radius 2 is 2.42 bits per heavy atom. The minimum atomic E-state index is -0.829. The third-order valence-corrected chi connectivity index (χ3v) is 2.76. The molecule has 0 aliphatic carbocycles. The van der Waals surface area contributed by atoms with Gasteiger partial charge in [0.25, 0.3) is 0 Å². The molecule has 0 bridgehead atoms. The summed E-state index contributed by atoms with van der Waals surface area (Å²) >= 11 is 1.55. The van der Waals surface area contributed by atoms with Crippen LogP contribution in [0.2, 0.25) is 0 Å². The Balaban J connectivity index is 2.59. The highest BCUT2D eigenvalue weighted by atomic mass is 32.1. The summed E-state index contributed by atoms with van der Waals surface area (Å²) in [4.78, 5) is 0.955. The van der Waals surface area contributed by atoms with Crippen molar-refractivity contribution in [1.82, 2.24) is 0 Å². The summed E-state index contributed by atoms with van der Waals surface area (Å²) in [7, 11) is 0. The molecule has 0 aliphatic heterocycles. The van der Waals surface area contributed by atoms with Crippen LogP contribution in [0.25, 0.3) is 0 Å². The zero-order chi connectivity index (χ0) is 9.03. The largest absolute Gasteiger partial charge is 0.382 e. The molecule has 1 rings (SSSR count). The van der Waals surface area contributed by atoms with Crippen LogP contribution in [0.4, 0.5) is 0 Å². The van der Waals surface area contributed by atoms with Gasteiger partial charge in [0.05, 0.1) is 6.61 Å². The highest BCUT2D eigenvalue weighted by molar-refractivity contribution is 7.10. The van der Waals surface area contributed by atoms with Crippen LogP contribution in [-0.4, -0.2) is 18.3 Å². The van der Waals surface area contributed by atoms with Crippen LogP contribution < -0.4 is 0 Å². The lowest BCUT2D eigenvalue weighted by Gasteiger charge is -2.20. The summed E-state index contributed by atoms with van der Waals surface area (Å²) in [6.45, 7) is 4.70. The van der Waals surface area contributed by atoms with Gasteiger partial charge in [0, 0.05) is 11.5 Å². The zero-order valence-corrected chi connectivity index (χ0v) is 8.23. The number of hydrogen-bond donors (Lipinski definition) is 1. The quantitative estimate of drug-likeness (QED) is 0.779. The fourth-order valence-electron chi connectivity index (χ4n) is 0.957. The van der Waals surface area contributed by atoms with Gasteiger partial charge in [0.1, 0.15) is 5.60 Å². The van der Waals surface area contributed by atoms with Crippen molar-refractivity contribution >= 4 is 11.3 Å². The molecule has 1 unspecified atom stereocenters. The van der Waals surface area contributed by atoms with Crippen LogP contribution >= 0.6 is 11.3 Å². The molecule has 0 fully saturated rings. The SMILES string of the molecule is CCOCC(C)(O)c1cccs1. The van der Waals surface area contributed by atoms with Gasteiger partial charge in [0.15, 0.2) is 0 Å². The molecule has 0 aliphatic rings. The Bertz CT molecular complexity index is 216. The van der Waals surface area contributed by atoms with E-state index >= 15 is 0 Å². The van der Waals surface area contributed by atoms with E-state index in [0.717, 1.165) is 4.88 Å². The lowest BCUT2D eigenvalue weighted by Crippen LogP contribution is -2.26. The smallest absolute Gasteiger partial charge is 0.119 e. The van der Waals surface area contributed by atoms with Crippen molar-refractivity contribution in [3.8, 4) is 0 Å². The van der Waals surface area contributed by atoms with Crippen molar-refractivity contribution in [2.45, 2.75) is 19.4 Å². The lowest BCUT2D eigenvalue weighted by atomic mass is 10.1. The number of ether oxygens (including phenoxy) is 1. The van der Waals surface area contributed by atoms with Crippen molar-refractivity contribution in [1.29, 1.82) is 0 Å². The van der Waals surface area contributed by atoms with Crippen molar-refractivity contribution in [3.63, 3.8) is 0 Å². The molecule has 1 N–H and O–H groups in total. The monoisotopic (exact) mass is 186 g/mol. The van der Waals surface area contributed by atoms with E-state index in [2.05, 4.69) is 0 Å². The maximum absolute atomic E-state index is 9.89. The Morgan fingerprint density at radius 3 is 2.92 bits per heavy atom. The van der Waals surface area contributed by atoms with E-state index in [1.165, 1.54) is 0 Å². The van der Waals surface area contributed by atoms with Crippen LogP contribution in [0.1, 0.15) is 18.7 Å². The first kappa shape index (κ1) is 9.71. The van der Waals surface area contributed by atoms with E-state index < -0.39 is 5.60 Å². The minimum Gasteiger partial charge on any atom is -0.382 e. The van der Waals surface area contributed by atoms with E-state index in [4.69, 9.17) is 4.74 Å². The van der Waals surface area contributed by atoms with Crippen LogP contribution in [0.5, 0.6) is 0 Å². The molecule has 2 nitrogen and oxygen atoms in total. The van der Waals surface area contributed by atoms with Gasteiger partial charge in [0.2, 0.25) is 0 Å². The van der Waals surface area contributed by atoms with Crippen LogP contribution in [0.15, 0.2) is 17.5 Å². The summed E-state index contributed by atoms with van der Waals surface area (Å²) in [5.41, 5.74) is -0.829. The molecule has 12 heavy (non-hydrogen) atoms. The summed E-state index contributed by atoms with van der Waals surface area (Å²) in [6, 6.07) is 3.85. The summed E-state index contributed by atoms with van der Waals surface area (Å²) in [5.74, 6) is 0. The normalized spacial score (nSPS) is 15.9. The number of thiophene rings is 1. The Hall–Kier alpha value is -0.380. The van der Waals surface area contributed by atoms with Gasteiger partial charge in [-0.2, -0.15) is 0 Å². The van der Waals surface area contributed by atoms with Crippen molar-refractivity contribution in [2.24, 2.45) is 0 Å². The van der Waals surface area contributed by atoms with Gasteiger partial charge in [-0.1, -0.05) is 6.07 Å². The first-order chi connectivity index (χ1) is 5.67. The second-order valence-corrected chi connectivity index (χ2v) is 3.84. The van der Waals surface area contributed by atoms with Crippen molar-refractivity contribution in [2.75, 3.05) is 13.2 Å². The average Bonchev–Trinajstić information content (AvgIpc) is 2.53. The van der Waals surface area contributed by atoms with Crippen molar-refractivity contribution in [3.05, 3.63) is 22.4 Å². The number of rotatable bonds is 4. The second kappa shape index (κ2) is 4.03. The van der Waals surface area contributed by atoms with Crippen molar-refractivity contribution < 1.29 is 9.84 Å². The summed E-state index contributed by atoms with van der Waals surface area (Å²) in [5, 5.41) is 11.8. The molecule has 0 radical (unpaired) electrons. The van der Waals surface area contributed by atoms with E-state index in [0.29, 0.717) is 13.2 Å².